The van der Waals surface area contributed by atoms with Crippen molar-refractivity contribution in [1.82, 2.24) is 5.32 Å². The molecule has 0 atom stereocenters. The fourth-order valence-electron chi connectivity index (χ4n) is 2.88. The van der Waals surface area contributed by atoms with Crippen LogP contribution in [0.25, 0.3) is 0 Å². The van der Waals surface area contributed by atoms with Crippen LogP contribution in [0.15, 0.2) is 71.6 Å². The van der Waals surface area contributed by atoms with Crippen LogP contribution in [0, 0.1) is 5.82 Å². The topological polar surface area (TPSA) is 84.5 Å². The van der Waals surface area contributed by atoms with Crippen LogP contribution >= 0.6 is 11.6 Å². The van der Waals surface area contributed by atoms with Gasteiger partial charge in [-0.3, -0.25) is 9.52 Å². The van der Waals surface area contributed by atoms with Gasteiger partial charge in [0.05, 0.1) is 17.7 Å². The van der Waals surface area contributed by atoms with Crippen LogP contribution in [-0.2, 0) is 16.4 Å². The summed E-state index contributed by atoms with van der Waals surface area (Å²) in [6.45, 7) is 0.203. The van der Waals surface area contributed by atoms with E-state index in [-0.39, 0.29) is 28.5 Å². The van der Waals surface area contributed by atoms with Crippen molar-refractivity contribution >= 4 is 33.2 Å². The van der Waals surface area contributed by atoms with Gasteiger partial charge in [-0.25, -0.2) is 12.8 Å². The highest BCUT2D eigenvalue weighted by atomic mass is 35.5. The van der Waals surface area contributed by atoms with Crippen molar-refractivity contribution in [3.63, 3.8) is 0 Å². The van der Waals surface area contributed by atoms with Gasteiger partial charge >= 0.3 is 0 Å². The van der Waals surface area contributed by atoms with Gasteiger partial charge in [-0.2, -0.15) is 0 Å². The minimum Gasteiger partial charge on any atom is -0.495 e. The Morgan fingerprint density at radius 1 is 1.06 bits per heavy atom. The molecule has 31 heavy (non-hydrogen) atoms. The SMILES string of the molecule is COc1ccc(Cl)cc1NS(=O)(=O)c1cccc(C(=O)NCCc2ccccc2F)c1. The first-order chi connectivity index (χ1) is 14.8. The van der Waals surface area contributed by atoms with Crippen LogP contribution in [0.4, 0.5) is 10.1 Å². The number of amides is 1. The quantitative estimate of drug-likeness (QED) is 0.524. The van der Waals surface area contributed by atoms with E-state index in [1.165, 1.54) is 43.5 Å². The zero-order valence-electron chi connectivity index (χ0n) is 16.6. The molecule has 3 aromatic rings. The van der Waals surface area contributed by atoms with Crippen LogP contribution in [-0.4, -0.2) is 28.0 Å². The van der Waals surface area contributed by atoms with Gasteiger partial charge in [-0.05, 0) is 54.4 Å². The maximum Gasteiger partial charge on any atom is 0.262 e. The van der Waals surface area contributed by atoms with E-state index in [4.69, 9.17) is 16.3 Å². The van der Waals surface area contributed by atoms with Gasteiger partial charge in [0, 0.05) is 17.1 Å². The normalized spacial score (nSPS) is 11.1. The molecule has 0 bridgehead atoms. The summed E-state index contributed by atoms with van der Waals surface area (Å²) < 4.78 is 46.9. The summed E-state index contributed by atoms with van der Waals surface area (Å²) in [5.74, 6) is -0.504. The lowest BCUT2D eigenvalue weighted by Crippen LogP contribution is -2.26. The highest BCUT2D eigenvalue weighted by Crippen LogP contribution is 2.30. The van der Waals surface area contributed by atoms with Gasteiger partial charge in [0.15, 0.2) is 0 Å². The predicted octanol–water partition coefficient (Wildman–Crippen LogP) is 4.26. The summed E-state index contributed by atoms with van der Waals surface area (Å²) in [6, 6.07) is 16.5. The second-order valence-electron chi connectivity index (χ2n) is 6.58. The van der Waals surface area contributed by atoms with E-state index in [0.29, 0.717) is 22.8 Å². The average Bonchev–Trinajstić information content (AvgIpc) is 2.75. The van der Waals surface area contributed by atoms with Crippen LogP contribution in [0.5, 0.6) is 5.75 Å². The molecule has 0 unspecified atom stereocenters. The first-order valence-corrected chi connectivity index (χ1v) is 11.1. The van der Waals surface area contributed by atoms with Crippen LogP contribution in [0.1, 0.15) is 15.9 Å². The van der Waals surface area contributed by atoms with Crippen molar-refractivity contribution in [2.24, 2.45) is 0 Å². The zero-order chi connectivity index (χ0) is 22.4. The second-order valence-corrected chi connectivity index (χ2v) is 8.69. The molecule has 0 heterocycles. The number of carbonyl (C=O) groups is 1. The Bertz CT molecular complexity index is 1200. The van der Waals surface area contributed by atoms with Crippen molar-refractivity contribution in [3.05, 3.63) is 88.7 Å². The molecule has 9 heteroatoms. The molecule has 3 aromatic carbocycles. The van der Waals surface area contributed by atoms with E-state index >= 15 is 0 Å². The largest absolute Gasteiger partial charge is 0.495 e. The molecule has 0 saturated carbocycles. The van der Waals surface area contributed by atoms with Gasteiger partial charge < -0.3 is 10.1 Å². The van der Waals surface area contributed by atoms with Crippen LogP contribution in [0.3, 0.4) is 0 Å². The molecule has 0 aromatic heterocycles. The predicted molar refractivity (Wildman–Crippen MR) is 118 cm³/mol. The second kappa shape index (κ2) is 9.80. The number of halogens is 2. The van der Waals surface area contributed by atoms with Crippen LogP contribution in [0.2, 0.25) is 5.02 Å². The number of ether oxygens (including phenoxy) is 1. The Morgan fingerprint density at radius 3 is 2.58 bits per heavy atom. The van der Waals surface area contributed by atoms with E-state index in [2.05, 4.69) is 10.0 Å². The van der Waals surface area contributed by atoms with E-state index in [9.17, 15) is 17.6 Å². The number of sulfonamides is 1. The highest BCUT2D eigenvalue weighted by Gasteiger charge is 2.19. The molecule has 0 spiro atoms. The van der Waals surface area contributed by atoms with Gasteiger partial charge in [-0.1, -0.05) is 35.9 Å². The summed E-state index contributed by atoms with van der Waals surface area (Å²) in [5, 5.41) is 3.01. The minimum atomic E-state index is -4.01. The number of carbonyl (C=O) groups excluding carboxylic acids is 1. The molecule has 162 valence electrons. The van der Waals surface area contributed by atoms with Crippen LogP contribution < -0.4 is 14.8 Å². The number of nitrogens with one attached hydrogen (secondary N) is 2. The van der Waals surface area contributed by atoms with E-state index in [0.717, 1.165) is 0 Å². The Morgan fingerprint density at radius 2 is 1.84 bits per heavy atom. The molecule has 3 rings (SSSR count). The number of anilines is 1. The van der Waals surface area contributed by atoms with Crippen molar-refractivity contribution in [2.45, 2.75) is 11.3 Å². The maximum absolute atomic E-state index is 13.7. The maximum atomic E-state index is 13.7. The molecule has 0 aliphatic rings. The number of hydrogen-bond donors (Lipinski definition) is 2. The minimum absolute atomic E-state index is 0.101. The van der Waals surface area contributed by atoms with Gasteiger partial charge in [0.25, 0.3) is 15.9 Å². The summed E-state index contributed by atoms with van der Waals surface area (Å²) >= 11 is 5.95. The monoisotopic (exact) mass is 462 g/mol. The standard InChI is InChI=1S/C22H20ClFN2O4S/c1-30-21-10-9-17(23)14-20(21)26-31(28,29)18-7-4-6-16(13-18)22(27)25-12-11-15-5-2-3-8-19(15)24/h2-10,13-14,26H,11-12H2,1H3,(H,25,27). The zero-order valence-corrected chi connectivity index (χ0v) is 18.1. The Hall–Kier alpha value is -3.10. The van der Waals surface area contributed by atoms with Gasteiger partial charge in [0.1, 0.15) is 11.6 Å². The molecule has 0 aliphatic heterocycles. The van der Waals surface area contributed by atoms with Crippen molar-refractivity contribution in [2.75, 3.05) is 18.4 Å². The molecule has 0 fully saturated rings. The van der Waals surface area contributed by atoms with E-state index in [1.54, 1.807) is 30.3 Å². The summed E-state index contributed by atoms with van der Waals surface area (Å²) in [6.07, 6.45) is 0.312. The Balaban J connectivity index is 1.72. The number of rotatable bonds is 8. The van der Waals surface area contributed by atoms with Crippen molar-refractivity contribution < 1.29 is 22.3 Å². The molecule has 0 aliphatic carbocycles. The highest BCUT2D eigenvalue weighted by molar-refractivity contribution is 7.92. The molecule has 0 radical (unpaired) electrons. The summed E-state index contributed by atoms with van der Waals surface area (Å²) in [4.78, 5) is 12.3. The van der Waals surface area contributed by atoms with Crippen molar-refractivity contribution in [3.8, 4) is 5.75 Å². The fourth-order valence-corrected chi connectivity index (χ4v) is 4.16. The smallest absolute Gasteiger partial charge is 0.262 e. The number of benzene rings is 3. The Kier molecular flexibility index (Phi) is 7.14. The van der Waals surface area contributed by atoms with Gasteiger partial charge in [-0.15, -0.1) is 0 Å². The third-order valence-electron chi connectivity index (χ3n) is 4.45. The number of methoxy groups -OCH3 is 1. The first-order valence-electron chi connectivity index (χ1n) is 9.28. The molecule has 0 saturated heterocycles. The van der Waals surface area contributed by atoms with Crippen molar-refractivity contribution in [1.29, 1.82) is 0 Å². The lowest BCUT2D eigenvalue weighted by Gasteiger charge is -2.13. The van der Waals surface area contributed by atoms with E-state index < -0.39 is 15.9 Å². The molecular weight excluding hydrogens is 443 g/mol. The third kappa shape index (κ3) is 5.74. The molecule has 1 amide bonds. The molecule has 6 nitrogen and oxygen atoms in total. The molecular formula is C22H20ClFN2O4S. The average molecular weight is 463 g/mol. The Labute approximate surface area is 185 Å². The fraction of sp³-hybridized carbons (Fsp3) is 0.136. The summed E-state index contributed by atoms with van der Waals surface area (Å²) in [7, 11) is -2.60. The lowest BCUT2D eigenvalue weighted by atomic mass is 10.1. The lowest BCUT2D eigenvalue weighted by molar-refractivity contribution is 0.0954. The molecule has 2 N–H and O–H groups in total. The third-order valence-corrected chi connectivity index (χ3v) is 6.05. The van der Waals surface area contributed by atoms with Gasteiger partial charge in [0.2, 0.25) is 0 Å². The number of hydrogen-bond acceptors (Lipinski definition) is 4. The van der Waals surface area contributed by atoms with E-state index in [1.807, 2.05) is 0 Å². The first kappa shape index (κ1) is 22.6. The summed E-state index contributed by atoms with van der Waals surface area (Å²) in [5.41, 5.74) is 0.822.